The normalized spacial score (nSPS) is 24.9. The van der Waals surface area contributed by atoms with E-state index < -0.39 is 0 Å². The molecular formula is C11H24N2O. The average molecular weight is 200 g/mol. The van der Waals surface area contributed by atoms with E-state index in [0.29, 0.717) is 6.04 Å². The third kappa shape index (κ3) is 4.94. The Kier molecular flexibility index (Phi) is 6.15. The summed E-state index contributed by atoms with van der Waals surface area (Å²) in [5.74, 6) is 0.729. The minimum atomic E-state index is 0.567. The van der Waals surface area contributed by atoms with Gasteiger partial charge in [0.1, 0.15) is 0 Å². The summed E-state index contributed by atoms with van der Waals surface area (Å²) in [5, 5.41) is 6.89. The maximum absolute atomic E-state index is 5.44. The largest absolute Gasteiger partial charge is 0.381 e. The highest BCUT2D eigenvalue weighted by molar-refractivity contribution is 4.70. The zero-order valence-electron chi connectivity index (χ0n) is 9.51. The molecule has 0 spiro atoms. The fourth-order valence-electron chi connectivity index (χ4n) is 1.77. The van der Waals surface area contributed by atoms with Crippen LogP contribution in [0.25, 0.3) is 0 Å². The van der Waals surface area contributed by atoms with Crippen molar-refractivity contribution in [3.8, 4) is 0 Å². The van der Waals surface area contributed by atoms with Gasteiger partial charge in [-0.05, 0) is 32.2 Å². The average Bonchev–Trinajstić information content (AvgIpc) is 2.25. The van der Waals surface area contributed by atoms with E-state index in [2.05, 4.69) is 24.5 Å². The molecule has 1 aliphatic rings. The first-order valence-electron chi connectivity index (χ1n) is 5.84. The fourth-order valence-corrected chi connectivity index (χ4v) is 1.77. The predicted octanol–water partition coefficient (Wildman–Crippen LogP) is 1.00. The summed E-state index contributed by atoms with van der Waals surface area (Å²) < 4.78 is 5.44. The predicted molar refractivity (Wildman–Crippen MR) is 59.6 cm³/mol. The van der Waals surface area contributed by atoms with Crippen molar-refractivity contribution in [1.82, 2.24) is 10.6 Å². The second kappa shape index (κ2) is 7.21. The molecule has 0 bridgehead atoms. The van der Waals surface area contributed by atoms with E-state index >= 15 is 0 Å². The number of ether oxygens (including phenoxy) is 1. The maximum Gasteiger partial charge on any atom is 0.0506 e. The van der Waals surface area contributed by atoms with Crippen molar-refractivity contribution in [2.45, 2.75) is 32.7 Å². The van der Waals surface area contributed by atoms with Gasteiger partial charge in [-0.1, -0.05) is 6.92 Å². The molecule has 84 valence electrons. The molecule has 0 aliphatic carbocycles. The van der Waals surface area contributed by atoms with Crippen LogP contribution < -0.4 is 10.6 Å². The van der Waals surface area contributed by atoms with Gasteiger partial charge in [-0.15, -0.1) is 0 Å². The van der Waals surface area contributed by atoms with E-state index in [1.165, 1.54) is 12.8 Å². The molecule has 0 aromatic heterocycles. The molecule has 1 aliphatic heterocycles. The lowest BCUT2D eigenvalue weighted by Crippen LogP contribution is -2.40. The van der Waals surface area contributed by atoms with Gasteiger partial charge in [0.05, 0.1) is 6.61 Å². The van der Waals surface area contributed by atoms with Gasteiger partial charge < -0.3 is 15.4 Å². The maximum atomic E-state index is 5.44. The van der Waals surface area contributed by atoms with E-state index in [0.717, 1.165) is 38.8 Å². The van der Waals surface area contributed by atoms with Crippen LogP contribution in [0.4, 0.5) is 0 Å². The van der Waals surface area contributed by atoms with Crippen molar-refractivity contribution in [2.75, 3.05) is 32.8 Å². The van der Waals surface area contributed by atoms with E-state index in [9.17, 15) is 0 Å². The van der Waals surface area contributed by atoms with Gasteiger partial charge in [-0.25, -0.2) is 0 Å². The van der Waals surface area contributed by atoms with Crippen LogP contribution in [0.1, 0.15) is 26.7 Å². The van der Waals surface area contributed by atoms with Crippen molar-refractivity contribution in [1.29, 1.82) is 0 Å². The summed E-state index contributed by atoms with van der Waals surface area (Å²) in [6, 6.07) is 0.567. The van der Waals surface area contributed by atoms with Crippen LogP contribution >= 0.6 is 0 Å². The molecule has 0 radical (unpaired) electrons. The van der Waals surface area contributed by atoms with Gasteiger partial charge in [-0.2, -0.15) is 0 Å². The quantitative estimate of drug-likeness (QED) is 0.671. The Morgan fingerprint density at radius 3 is 3.00 bits per heavy atom. The van der Waals surface area contributed by atoms with Gasteiger partial charge in [0.15, 0.2) is 0 Å². The molecule has 1 rings (SSSR count). The molecule has 2 atom stereocenters. The standard InChI is InChI=1S/C11H24N2O/c1-3-12-7-10(2)13-8-11-5-4-6-14-9-11/h10-13H,3-9H2,1-2H3. The Labute approximate surface area is 87.6 Å². The van der Waals surface area contributed by atoms with E-state index in [1.807, 2.05) is 0 Å². The van der Waals surface area contributed by atoms with Gasteiger partial charge in [0.2, 0.25) is 0 Å². The number of likely N-dealkylation sites (N-methyl/N-ethyl adjacent to an activating group) is 1. The van der Waals surface area contributed by atoms with Crippen LogP contribution in [-0.2, 0) is 4.74 Å². The van der Waals surface area contributed by atoms with E-state index in [-0.39, 0.29) is 0 Å². The van der Waals surface area contributed by atoms with Crippen LogP contribution in [0, 0.1) is 5.92 Å². The molecule has 3 nitrogen and oxygen atoms in total. The van der Waals surface area contributed by atoms with Gasteiger partial charge >= 0.3 is 0 Å². The number of hydrogen-bond donors (Lipinski definition) is 2. The monoisotopic (exact) mass is 200 g/mol. The first kappa shape index (κ1) is 12.0. The molecule has 14 heavy (non-hydrogen) atoms. The second-order valence-corrected chi connectivity index (χ2v) is 4.20. The third-order valence-electron chi connectivity index (χ3n) is 2.71. The first-order chi connectivity index (χ1) is 6.83. The third-order valence-corrected chi connectivity index (χ3v) is 2.71. The Morgan fingerprint density at radius 1 is 1.50 bits per heavy atom. The lowest BCUT2D eigenvalue weighted by Gasteiger charge is -2.24. The molecule has 1 fully saturated rings. The Morgan fingerprint density at radius 2 is 2.36 bits per heavy atom. The smallest absolute Gasteiger partial charge is 0.0506 e. The second-order valence-electron chi connectivity index (χ2n) is 4.20. The zero-order valence-corrected chi connectivity index (χ0v) is 9.51. The summed E-state index contributed by atoms with van der Waals surface area (Å²) in [6.45, 7) is 9.49. The molecule has 3 heteroatoms. The lowest BCUT2D eigenvalue weighted by atomic mass is 10.0. The van der Waals surface area contributed by atoms with Gasteiger partial charge in [0.25, 0.3) is 0 Å². The molecule has 2 unspecified atom stereocenters. The molecule has 0 aromatic rings. The number of nitrogens with one attached hydrogen (secondary N) is 2. The SMILES string of the molecule is CCNCC(C)NCC1CCCOC1. The number of hydrogen-bond acceptors (Lipinski definition) is 3. The van der Waals surface area contributed by atoms with E-state index in [1.54, 1.807) is 0 Å². The topological polar surface area (TPSA) is 33.3 Å². The molecule has 0 amide bonds. The van der Waals surface area contributed by atoms with Crippen LogP contribution in [-0.4, -0.2) is 38.9 Å². The molecule has 1 heterocycles. The summed E-state index contributed by atoms with van der Waals surface area (Å²) in [4.78, 5) is 0. The molecular weight excluding hydrogens is 176 g/mol. The Hall–Kier alpha value is -0.120. The van der Waals surface area contributed by atoms with Crippen LogP contribution in [0.15, 0.2) is 0 Å². The summed E-state index contributed by atoms with van der Waals surface area (Å²) in [5.41, 5.74) is 0. The molecule has 0 saturated carbocycles. The lowest BCUT2D eigenvalue weighted by molar-refractivity contribution is 0.0540. The van der Waals surface area contributed by atoms with Crippen molar-refractivity contribution >= 4 is 0 Å². The summed E-state index contributed by atoms with van der Waals surface area (Å²) >= 11 is 0. The van der Waals surface area contributed by atoms with Crippen LogP contribution in [0.5, 0.6) is 0 Å². The van der Waals surface area contributed by atoms with Crippen molar-refractivity contribution in [3.05, 3.63) is 0 Å². The highest BCUT2D eigenvalue weighted by Gasteiger charge is 2.14. The van der Waals surface area contributed by atoms with E-state index in [4.69, 9.17) is 4.74 Å². The van der Waals surface area contributed by atoms with Crippen LogP contribution in [0.3, 0.4) is 0 Å². The van der Waals surface area contributed by atoms with Crippen LogP contribution in [0.2, 0.25) is 0 Å². The Balaban J connectivity index is 2.00. The summed E-state index contributed by atoms with van der Waals surface area (Å²) in [6.07, 6.45) is 2.55. The molecule has 0 aromatic carbocycles. The van der Waals surface area contributed by atoms with Gasteiger partial charge in [0, 0.05) is 25.7 Å². The molecule has 2 N–H and O–H groups in total. The number of rotatable bonds is 6. The molecule has 1 saturated heterocycles. The van der Waals surface area contributed by atoms with Crippen molar-refractivity contribution in [2.24, 2.45) is 5.92 Å². The van der Waals surface area contributed by atoms with Crippen molar-refractivity contribution < 1.29 is 4.74 Å². The fraction of sp³-hybridized carbons (Fsp3) is 1.00. The highest BCUT2D eigenvalue weighted by Crippen LogP contribution is 2.12. The highest BCUT2D eigenvalue weighted by atomic mass is 16.5. The minimum Gasteiger partial charge on any atom is -0.381 e. The Bertz CT molecular complexity index is 135. The first-order valence-corrected chi connectivity index (χ1v) is 5.84. The van der Waals surface area contributed by atoms with Crippen molar-refractivity contribution in [3.63, 3.8) is 0 Å². The summed E-state index contributed by atoms with van der Waals surface area (Å²) in [7, 11) is 0. The zero-order chi connectivity index (χ0) is 10.2. The van der Waals surface area contributed by atoms with Gasteiger partial charge in [-0.3, -0.25) is 0 Å². The minimum absolute atomic E-state index is 0.567.